The van der Waals surface area contributed by atoms with Crippen molar-refractivity contribution >= 4 is 18.0 Å². The van der Waals surface area contributed by atoms with E-state index < -0.39 is 29.7 Å². The van der Waals surface area contributed by atoms with E-state index in [1.54, 1.807) is 45.0 Å². The predicted molar refractivity (Wildman–Crippen MR) is 141 cm³/mol. The second kappa shape index (κ2) is 11.4. The summed E-state index contributed by atoms with van der Waals surface area (Å²) in [5.41, 5.74) is 4.34. The van der Waals surface area contributed by atoms with Gasteiger partial charge in [0.05, 0.1) is 0 Å². The summed E-state index contributed by atoms with van der Waals surface area (Å²) in [5, 5.41) is 12.2. The van der Waals surface area contributed by atoms with Crippen molar-refractivity contribution in [3.63, 3.8) is 0 Å². The standard InChI is InChI=1S/C30H31NO7/c1-30(2,3)38-27(32)18-36-20-10-8-9-19(15-20)16-26(28(33)34)31-29(35)37-17-25-23-13-6-4-11-21(23)22-12-5-7-14-24(22)25/h4-15,25-26H,16-18H2,1-3H3,(H,31,35)(H,33,34)/t26-/m1/s1. The minimum Gasteiger partial charge on any atom is -0.482 e. The van der Waals surface area contributed by atoms with E-state index in [-0.39, 0.29) is 25.6 Å². The van der Waals surface area contributed by atoms with Crippen LogP contribution in [0.5, 0.6) is 5.75 Å². The molecule has 2 N–H and O–H groups in total. The Labute approximate surface area is 221 Å². The van der Waals surface area contributed by atoms with E-state index in [2.05, 4.69) is 5.32 Å². The van der Waals surface area contributed by atoms with Crippen LogP contribution < -0.4 is 10.1 Å². The molecule has 4 rings (SSSR count). The lowest BCUT2D eigenvalue weighted by molar-refractivity contribution is -0.157. The third-order valence-electron chi connectivity index (χ3n) is 6.05. The fourth-order valence-corrected chi connectivity index (χ4v) is 4.49. The Hall–Kier alpha value is -4.33. The number of carbonyl (C=O) groups excluding carboxylic acids is 2. The third-order valence-corrected chi connectivity index (χ3v) is 6.05. The number of esters is 1. The summed E-state index contributed by atoms with van der Waals surface area (Å²) in [6.07, 6.45) is -0.806. The quantitative estimate of drug-likeness (QED) is 0.387. The van der Waals surface area contributed by atoms with Gasteiger partial charge in [-0.25, -0.2) is 14.4 Å². The zero-order chi connectivity index (χ0) is 27.3. The second-order valence-corrected chi connectivity index (χ2v) is 10.1. The van der Waals surface area contributed by atoms with Crippen LogP contribution in [0.2, 0.25) is 0 Å². The van der Waals surface area contributed by atoms with Crippen molar-refractivity contribution in [2.24, 2.45) is 0 Å². The topological polar surface area (TPSA) is 111 Å². The van der Waals surface area contributed by atoms with E-state index in [4.69, 9.17) is 14.2 Å². The van der Waals surface area contributed by atoms with Gasteiger partial charge in [0, 0.05) is 12.3 Å². The SMILES string of the molecule is CC(C)(C)OC(=O)COc1cccc(C[C@@H](NC(=O)OCC2c3ccccc3-c3ccccc32)C(=O)O)c1. The lowest BCUT2D eigenvalue weighted by Gasteiger charge is -2.19. The van der Waals surface area contributed by atoms with Gasteiger partial charge in [0.25, 0.3) is 0 Å². The van der Waals surface area contributed by atoms with Gasteiger partial charge >= 0.3 is 18.0 Å². The van der Waals surface area contributed by atoms with Crippen molar-refractivity contribution in [1.29, 1.82) is 0 Å². The summed E-state index contributed by atoms with van der Waals surface area (Å²) in [6.45, 7) is 5.10. The van der Waals surface area contributed by atoms with E-state index >= 15 is 0 Å². The van der Waals surface area contributed by atoms with E-state index in [0.717, 1.165) is 22.3 Å². The van der Waals surface area contributed by atoms with Gasteiger partial charge in [-0.05, 0) is 60.7 Å². The summed E-state index contributed by atoms with van der Waals surface area (Å²) in [5.74, 6) is -1.45. The van der Waals surface area contributed by atoms with Gasteiger partial charge in [0.1, 0.15) is 24.0 Å². The minimum atomic E-state index is -1.22. The molecule has 0 bridgehead atoms. The number of carboxylic acids is 1. The van der Waals surface area contributed by atoms with Crippen LogP contribution in [0.1, 0.15) is 43.4 Å². The van der Waals surface area contributed by atoms with Crippen molar-refractivity contribution in [3.8, 4) is 16.9 Å². The number of rotatable bonds is 9. The van der Waals surface area contributed by atoms with Crippen LogP contribution in [-0.2, 0) is 25.5 Å². The Kier molecular flexibility index (Phi) is 8.00. The molecule has 0 saturated carbocycles. The molecule has 8 nitrogen and oxygen atoms in total. The number of ether oxygens (including phenoxy) is 3. The van der Waals surface area contributed by atoms with E-state index in [1.165, 1.54) is 0 Å². The molecule has 8 heteroatoms. The molecule has 0 unspecified atom stereocenters. The summed E-state index contributed by atoms with van der Waals surface area (Å²) in [7, 11) is 0. The van der Waals surface area contributed by atoms with Crippen LogP contribution in [0.3, 0.4) is 0 Å². The number of fused-ring (bicyclic) bond motifs is 3. The molecule has 1 aliphatic carbocycles. The Morgan fingerprint density at radius 1 is 0.921 bits per heavy atom. The molecule has 3 aromatic carbocycles. The average molecular weight is 518 g/mol. The number of benzene rings is 3. The van der Waals surface area contributed by atoms with Crippen molar-refractivity contribution in [2.75, 3.05) is 13.2 Å². The molecule has 1 atom stereocenters. The number of alkyl carbamates (subject to hydrolysis) is 1. The van der Waals surface area contributed by atoms with Gasteiger partial charge in [-0.1, -0.05) is 60.7 Å². The number of carboxylic acid groups (broad SMARTS) is 1. The molecule has 198 valence electrons. The molecule has 38 heavy (non-hydrogen) atoms. The fourth-order valence-electron chi connectivity index (χ4n) is 4.49. The van der Waals surface area contributed by atoms with Crippen molar-refractivity contribution < 1.29 is 33.7 Å². The summed E-state index contributed by atoms with van der Waals surface area (Å²) in [6, 6.07) is 21.4. The van der Waals surface area contributed by atoms with Crippen molar-refractivity contribution in [1.82, 2.24) is 5.32 Å². The Morgan fingerprint density at radius 3 is 2.16 bits per heavy atom. The zero-order valence-corrected chi connectivity index (χ0v) is 21.6. The first-order valence-corrected chi connectivity index (χ1v) is 12.4. The first-order chi connectivity index (χ1) is 18.1. The van der Waals surface area contributed by atoms with Crippen LogP contribution in [0, 0.1) is 0 Å². The molecular formula is C30H31NO7. The summed E-state index contributed by atoms with van der Waals surface area (Å²) < 4.78 is 16.2. The molecule has 1 aliphatic rings. The van der Waals surface area contributed by atoms with Gasteiger partial charge in [-0.2, -0.15) is 0 Å². The summed E-state index contributed by atoms with van der Waals surface area (Å²) >= 11 is 0. The molecule has 0 fully saturated rings. The van der Waals surface area contributed by atoms with E-state index in [9.17, 15) is 19.5 Å². The lowest BCUT2D eigenvalue weighted by atomic mass is 9.98. The number of aliphatic carboxylic acids is 1. The maximum atomic E-state index is 12.6. The second-order valence-electron chi connectivity index (χ2n) is 10.1. The zero-order valence-electron chi connectivity index (χ0n) is 21.6. The van der Waals surface area contributed by atoms with E-state index in [1.807, 2.05) is 48.5 Å². The van der Waals surface area contributed by atoms with Gasteiger partial charge in [0.15, 0.2) is 6.61 Å². The largest absolute Gasteiger partial charge is 0.482 e. The summed E-state index contributed by atoms with van der Waals surface area (Å²) in [4.78, 5) is 36.4. The number of hydrogen-bond acceptors (Lipinski definition) is 6. The number of nitrogens with one attached hydrogen (secondary N) is 1. The molecule has 0 aromatic heterocycles. The molecule has 1 amide bonds. The van der Waals surface area contributed by atoms with Gasteiger partial charge in [0.2, 0.25) is 0 Å². The normalized spacial score (nSPS) is 13.1. The average Bonchev–Trinajstić information content (AvgIpc) is 3.19. The van der Waals surface area contributed by atoms with Crippen LogP contribution >= 0.6 is 0 Å². The predicted octanol–water partition coefficient (Wildman–Crippen LogP) is 4.94. The molecule has 3 aromatic rings. The molecule has 0 spiro atoms. The Balaban J connectivity index is 1.35. The minimum absolute atomic E-state index is 0.00314. The monoisotopic (exact) mass is 517 g/mol. The highest BCUT2D eigenvalue weighted by atomic mass is 16.6. The Morgan fingerprint density at radius 2 is 1.55 bits per heavy atom. The highest BCUT2D eigenvalue weighted by Gasteiger charge is 2.30. The van der Waals surface area contributed by atoms with Crippen LogP contribution in [-0.4, -0.2) is 48.0 Å². The third kappa shape index (κ3) is 6.70. The van der Waals surface area contributed by atoms with Gasteiger partial charge in [-0.3, -0.25) is 0 Å². The van der Waals surface area contributed by atoms with Crippen molar-refractivity contribution in [3.05, 3.63) is 89.5 Å². The van der Waals surface area contributed by atoms with Crippen LogP contribution in [0.15, 0.2) is 72.8 Å². The molecule has 0 heterocycles. The van der Waals surface area contributed by atoms with Crippen LogP contribution in [0.25, 0.3) is 11.1 Å². The highest BCUT2D eigenvalue weighted by molar-refractivity contribution is 5.81. The fraction of sp³-hybridized carbons (Fsp3) is 0.300. The number of amides is 1. The number of carbonyl (C=O) groups is 3. The molecule has 0 aliphatic heterocycles. The molecule has 0 radical (unpaired) electrons. The van der Waals surface area contributed by atoms with Crippen LogP contribution in [0.4, 0.5) is 4.79 Å². The Bertz CT molecular complexity index is 1280. The maximum Gasteiger partial charge on any atom is 0.407 e. The first kappa shape index (κ1) is 26.7. The number of hydrogen-bond donors (Lipinski definition) is 2. The lowest BCUT2D eigenvalue weighted by Crippen LogP contribution is -2.42. The first-order valence-electron chi connectivity index (χ1n) is 12.4. The molecule has 0 saturated heterocycles. The molecular weight excluding hydrogens is 486 g/mol. The van der Waals surface area contributed by atoms with E-state index in [0.29, 0.717) is 11.3 Å². The maximum absolute atomic E-state index is 12.6. The highest BCUT2D eigenvalue weighted by Crippen LogP contribution is 2.44. The van der Waals surface area contributed by atoms with Gasteiger partial charge in [-0.15, -0.1) is 0 Å². The van der Waals surface area contributed by atoms with Gasteiger partial charge < -0.3 is 24.6 Å². The smallest absolute Gasteiger partial charge is 0.407 e. The van der Waals surface area contributed by atoms with Crippen molar-refractivity contribution in [2.45, 2.75) is 44.8 Å².